The molecule has 0 atom stereocenters. The highest BCUT2D eigenvalue weighted by Crippen LogP contribution is 2.14. The summed E-state index contributed by atoms with van der Waals surface area (Å²) in [5.41, 5.74) is 0.533. The first-order chi connectivity index (χ1) is 9.58. The van der Waals surface area contributed by atoms with Gasteiger partial charge in [0.05, 0.1) is 4.92 Å². The Morgan fingerprint density at radius 1 is 1.10 bits per heavy atom. The topological polar surface area (TPSA) is 60.2 Å². The lowest BCUT2D eigenvalue weighted by molar-refractivity contribution is -0.384. The van der Waals surface area contributed by atoms with Crippen LogP contribution in [0, 0.1) is 15.9 Å². The zero-order valence-electron chi connectivity index (χ0n) is 10.3. The average molecular weight is 271 g/mol. The van der Waals surface area contributed by atoms with Crippen LogP contribution < -0.4 is 0 Å². The summed E-state index contributed by atoms with van der Waals surface area (Å²) in [5, 5.41) is 10.5. The quantitative estimate of drug-likeness (QED) is 0.369. The molecule has 0 amide bonds. The molecule has 100 valence electrons. The van der Waals surface area contributed by atoms with Crippen molar-refractivity contribution in [1.82, 2.24) is 0 Å². The van der Waals surface area contributed by atoms with Gasteiger partial charge >= 0.3 is 0 Å². The Morgan fingerprint density at radius 3 is 2.35 bits per heavy atom. The number of ketones is 1. The first-order valence-electron chi connectivity index (χ1n) is 5.79. The van der Waals surface area contributed by atoms with Crippen molar-refractivity contribution in [2.75, 3.05) is 0 Å². The maximum atomic E-state index is 13.3. The predicted molar refractivity (Wildman–Crippen MR) is 72.9 cm³/mol. The van der Waals surface area contributed by atoms with Crippen molar-refractivity contribution >= 4 is 17.5 Å². The highest BCUT2D eigenvalue weighted by molar-refractivity contribution is 6.06. The molecule has 0 bridgehead atoms. The molecule has 2 aromatic rings. The summed E-state index contributed by atoms with van der Waals surface area (Å²) >= 11 is 0. The number of halogens is 1. The molecular weight excluding hydrogens is 261 g/mol. The number of hydrogen-bond acceptors (Lipinski definition) is 3. The zero-order valence-corrected chi connectivity index (χ0v) is 10.3. The molecule has 0 N–H and O–H groups in total. The molecule has 4 nitrogen and oxygen atoms in total. The van der Waals surface area contributed by atoms with E-state index in [9.17, 15) is 19.3 Å². The van der Waals surface area contributed by atoms with Gasteiger partial charge in [0, 0.05) is 23.3 Å². The normalized spacial score (nSPS) is 10.7. The monoisotopic (exact) mass is 271 g/mol. The van der Waals surface area contributed by atoms with E-state index in [0.29, 0.717) is 11.1 Å². The number of carbonyl (C=O) groups excluding carboxylic acids is 1. The van der Waals surface area contributed by atoms with Crippen LogP contribution in [0.25, 0.3) is 6.08 Å². The Hall–Kier alpha value is -2.82. The van der Waals surface area contributed by atoms with Gasteiger partial charge in [-0.15, -0.1) is 0 Å². The average Bonchev–Trinajstić information content (AvgIpc) is 2.46. The summed E-state index contributed by atoms with van der Waals surface area (Å²) in [6.45, 7) is 0. The fourth-order valence-corrected chi connectivity index (χ4v) is 1.62. The molecule has 20 heavy (non-hydrogen) atoms. The number of hydrogen-bond donors (Lipinski definition) is 0. The Bertz CT molecular complexity index is 678. The number of allylic oxidation sites excluding steroid dienone is 1. The van der Waals surface area contributed by atoms with Crippen molar-refractivity contribution in [2.45, 2.75) is 0 Å². The SMILES string of the molecule is O=C(/C=C/c1ccccc1F)c1ccc([N+](=O)[O-])cc1. The summed E-state index contributed by atoms with van der Waals surface area (Å²) in [6.07, 6.45) is 2.61. The predicted octanol–water partition coefficient (Wildman–Crippen LogP) is 3.63. The molecular formula is C15H10FNO3. The van der Waals surface area contributed by atoms with E-state index in [0.717, 1.165) is 0 Å². The van der Waals surface area contributed by atoms with E-state index in [1.165, 1.54) is 42.5 Å². The minimum Gasteiger partial charge on any atom is -0.289 e. The number of benzene rings is 2. The molecule has 0 saturated heterocycles. The lowest BCUT2D eigenvalue weighted by atomic mass is 10.1. The van der Waals surface area contributed by atoms with Crippen LogP contribution in [0.3, 0.4) is 0 Å². The molecule has 2 aromatic carbocycles. The Kier molecular flexibility index (Phi) is 4.00. The van der Waals surface area contributed by atoms with Gasteiger partial charge in [0.15, 0.2) is 5.78 Å². The van der Waals surface area contributed by atoms with Crippen LogP contribution in [0.5, 0.6) is 0 Å². The van der Waals surface area contributed by atoms with Crippen LogP contribution in [-0.2, 0) is 0 Å². The molecule has 0 aromatic heterocycles. The number of nitrogens with zero attached hydrogens (tertiary/aromatic N) is 1. The Balaban J connectivity index is 2.16. The van der Waals surface area contributed by atoms with Crippen molar-refractivity contribution in [1.29, 1.82) is 0 Å². The summed E-state index contributed by atoms with van der Waals surface area (Å²) in [7, 11) is 0. The van der Waals surface area contributed by atoms with Gasteiger partial charge in [-0.05, 0) is 30.4 Å². The van der Waals surface area contributed by atoms with Gasteiger partial charge in [-0.25, -0.2) is 4.39 Å². The Labute approximate surface area is 114 Å². The number of rotatable bonds is 4. The second-order valence-corrected chi connectivity index (χ2v) is 4.02. The summed E-state index contributed by atoms with van der Waals surface area (Å²) < 4.78 is 13.3. The van der Waals surface area contributed by atoms with E-state index in [2.05, 4.69) is 0 Å². The fourth-order valence-electron chi connectivity index (χ4n) is 1.62. The van der Waals surface area contributed by atoms with Gasteiger partial charge < -0.3 is 0 Å². The number of carbonyl (C=O) groups is 1. The van der Waals surface area contributed by atoms with E-state index in [-0.39, 0.29) is 11.5 Å². The zero-order chi connectivity index (χ0) is 14.5. The van der Waals surface area contributed by atoms with Crippen LogP contribution in [0.15, 0.2) is 54.6 Å². The maximum absolute atomic E-state index is 13.3. The van der Waals surface area contributed by atoms with Gasteiger partial charge in [-0.3, -0.25) is 14.9 Å². The van der Waals surface area contributed by atoms with Crippen LogP contribution in [0.4, 0.5) is 10.1 Å². The van der Waals surface area contributed by atoms with Crippen LogP contribution in [-0.4, -0.2) is 10.7 Å². The lowest BCUT2D eigenvalue weighted by Crippen LogP contribution is -1.95. The molecule has 0 aliphatic heterocycles. The molecule has 2 rings (SSSR count). The third kappa shape index (κ3) is 3.14. The van der Waals surface area contributed by atoms with Gasteiger partial charge in [-0.2, -0.15) is 0 Å². The van der Waals surface area contributed by atoms with Crippen molar-refractivity contribution < 1.29 is 14.1 Å². The van der Waals surface area contributed by atoms with Gasteiger partial charge in [-0.1, -0.05) is 18.2 Å². The van der Waals surface area contributed by atoms with E-state index < -0.39 is 10.7 Å². The fraction of sp³-hybridized carbons (Fsp3) is 0. The van der Waals surface area contributed by atoms with Crippen molar-refractivity contribution in [3.8, 4) is 0 Å². The standard InChI is InChI=1S/C15H10FNO3/c16-14-4-2-1-3-11(14)7-10-15(18)12-5-8-13(9-6-12)17(19)20/h1-10H/b10-7+. The Morgan fingerprint density at radius 2 is 1.75 bits per heavy atom. The summed E-state index contributed by atoms with van der Waals surface area (Å²) in [6, 6.07) is 11.3. The molecule has 5 heteroatoms. The third-order valence-electron chi connectivity index (χ3n) is 2.68. The van der Waals surface area contributed by atoms with Gasteiger partial charge in [0.2, 0.25) is 0 Å². The maximum Gasteiger partial charge on any atom is 0.269 e. The van der Waals surface area contributed by atoms with Crippen molar-refractivity contribution in [2.24, 2.45) is 0 Å². The van der Waals surface area contributed by atoms with Gasteiger partial charge in [0.25, 0.3) is 5.69 Å². The van der Waals surface area contributed by atoms with Crippen LogP contribution in [0.2, 0.25) is 0 Å². The van der Waals surface area contributed by atoms with Crippen LogP contribution >= 0.6 is 0 Å². The third-order valence-corrected chi connectivity index (χ3v) is 2.68. The smallest absolute Gasteiger partial charge is 0.269 e. The molecule has 0 aliphatic rings. The molecule has 0 aliphatic carbocycles. The minimum atomic E-state index is -0.538. The molecule has 0 heterocycles. The van der Waals surface area contributed by atoms with E-state index in [4.69, 9.17) is 0 Å². The first kappa shape index (κ1) is 13.6. The van der Waals surface area contributed by atoms with Crippen molar-refractivity contribution in [3.05, 3.63) is 81.7 Å². The molecule has 0 fully saturated rings. The highest BCUT2D eigenvalue weighted by Gasteiger charge is 2.07. The largest absolute Gasteiger partial charge is 0.289 e. The molecule has 0 unspecified atom stereocenters. The first-order valence-corrected chi connectivity index (χ1v) is 5.79. The number of nitro groups is 1. The van der Waals surface area contributed by atoms with Gasteiger partial charge in [0.1, 0.15) is 5.82 Å². The highest BCUT2D eigenvalue weighted by atomic mass is 19.1. The summed E-state index contributed by atoms with van der Waals surface area (Å²) in [5.74, 6) is -0.761. The second-order valence-electron chi connectivity index (χ2n) is 4.02. The number of non-ortho nitro benzene ring substituents is 1. The summed E-state index contributed by atoms with van der Waals surface area (Å²) in [4.78, 5) is 21.8. The van der Waals surface area contributed by atoms with E-state index >= 15 is 0 Å². The van der Waals surface area contributed by atoms with Crippen LogP contribution in [0.1, 0.15) is 15.9 Å². The van der Waals surface area contributed by atoms with E-state index in [1.54, 1.807) is 18.2 Å². The van der Waals surface area contributed by atoms with Crippen molar-refractivity contribution in [3.63, 3.8) is 0 Å². The number of nitro benzene ring substituents is 1. The second kappa shape index (κ2) is 5.88. The van der Waals surface area contributed by atoms with E-state index in [1.807, 2.05) is 0 Å². The molecule has 0 spiro atoms. The molecule has 0 radical (unpaired) electrons. The lowest BCUT2D eigenvalue weighted by Gasteiger charge is -1.97. The molecule has 0 saturated carbocycles. The minimum absolute atomic E-state index is 0.0837.